The van der Waals surface area contributed by atoms with E-state index in [1.165, 1.54) is 0 Å². The molecule has 0 aliphatic carbocycles. The zero-order valence-corrected chi connectivity index (χ0v) is 18.0. The number of aryl methyl sites for hydroxylation is 1. The van der Waals surface area contributed by atoms with Crippen LogP contribution in [0.5, 0.6) is 0 Å². The second kappa shape index (κ2) is 11.9. The third-order valence-corrected chi connectivity index (χ3v) is 5.36. The normalized spacial score (nSPS) is 13.6. The van der Waals surface area contributed by atoms with Gasteiger partial charge < -0.3 is 21.5 Å². The first-order chi connectivity index (χ1) is 14.8. The van der Waals surface area contributed by atoms with Gasteiger partial charge in [-0.25, -0.2) is 0 Å². The molecule has 2 amide bonds. The standard InChI is InChI=1S/C24H31N3O4/c1-3-16(2)22(27-23(30)18-10-7-11-19(25)14-18)24(31)26-20(21(29)15-28)13-12-17-8-5-4-6-9-17/h4-11,14,16,20,22,28H,3,12-13,15,25H2,1-2H3,(H,26,31)(H,27,30)/t16?,20-,22-/m0/s1. The molecule has 2 aromatic rings. The molecule has 166 valence electrons. The number of ketones is 1. The van der Waals surface area contributed by atoms with Crippen LogP contribution < -0.4 is 16.4 Å². The molecule has 0 saturated carbocycles. The summed E-state index contributed by atoms with van der Waals surface area (Å²) in [6.45, 7) is 3.11. The lowest BCUT2D eigenvalue weighted by Crippen LogP contribution is -2.54. The van der Waals surface area contributed by atoms with E-state index < -0.39 is 36.3 Å². The maximum atomic E-state index is 13.0. The summed E-state index contributed by atoms with van der Waals surface area (Å²) < 4.78 is 0. The van der Waals surface area contributed by atoms with Crippen LogP contribution in [0.15, 0.2) is 54.6 Å². The Morgan fingerprint density at radius 3 is 2.35 bits per heavy atom. The SMILES string of the molecule is CCC(C)[C@H](NC(=O)c1cccc(N)c1)C(=O)N[C@@H](CCc1ccccc1)C(=O)CO. The minimum atomic E-state index is -0.839. The van der Waals surface area contributed by atoms with Crippen molar-refractivity contribution in [3.8, 4) is 0 Å². The van der Waals surface area contributed by atoms with E-state index in [-0.39, 0.29) is 5.92 Å². The van der Waals surface area contributed by atoms with Gasteiger partial charge in [-0.05, 0) is 42.5 Å². The van der Waals surface area contributed by atoms with Crippen LogP contribution in [0, 0.1) is 5.92 Å². The molecular weight excluding hydrogens is 394 g/mol. The summed E-state index contributed by atoms with van der Waals surface area (Å²) in [5.41, 5.74) is 7.58. The first kappa shape index (κ1) is 24.1. The van der Waals surface area contributed by atoms with Crippen LogP contribution in [-0.2, 0) is 16.0 Å². The van der Waals surface area contributed by atoms with Crippen LogP contribution in [0.1, 0.15) is 42.6 Å². The topological polar surface area (TPSA) is 122 Å². The second-order valence-corrected chi connectivity index (χ2v) is 7.67. The fourth-order valence-corrected chi connectivity index (χ4v) is 3.25. The Bertz CT molecular complexity index is 885. The van der Waals surface area contributed by atoms with Gasteiger partial charge in [0.2, 0.25) is 5.91 Å². The molecule has 0 spiro atoms. The average Bonchev–Trinajstić information content (AvgIpc) is 2.79. The van der Waals surface area contributed by atoms with Gasteiger partial charge in [-0.1, -0.05) is 56.7 Å². The number of Topliss-reactive ketones (excluding diaryl/α,β-unsaturated/α-hetero) is 1. The molecule has 0 radical (unpaired) electrons. The minimum absolute atomic E-state index is 0.163. The van der Waals surface area contributed by atoms with Crippen LogP contribution in [0.4, 0.5) is 5.69 Å². The summed E-state index contributed by atoms with van der Waals surface area (Å²) in [7, 11) is 0. The van der Waals surface area contributed by atoms with E-state index in [0.29, 0.717) is 30.5 Å². The van der Waals surface area contributed by atoms with Crippen molar-refractivity contribution in [1.82, 2.24) is 10.6 Å². The van der Waals surface area contributed by atoms with Gasteiger partial charge in [0.15, 0.2) is 5.78 Å². The van der Waals surface area contributed by atoms with Crippen molar-refractivity contribution in [3.05, 3.63) is 65.7 Å². The van der Waals surface area contributed by atoms with Crippen LogP contribution in [0.3, 0.4) is 0 Å². The maximum absolute atomic E-state index is 13.0. The molecule has 1 unspecified atom stereocenters. The third kappa shape index (κ3) is 7.22. The second-order valence-electron chi connectivity index (χ2n) is 7.67. The molecule has 0 aromatic heterocycles. The Morgan fingerprint density at radius 1 is 1.03 bits per heavy atom. The summed E-state index contributed by atoms with van der Waals surface area (Å²) in [6, 6.07) is 14.4. The highest BCUT2D eigenvalue weighted by atomic mass is 16.3. The third-order valence-electron chi connectivity index (χ3n) is 5.36. The number of rotatable bonds is 11. The number of benzene rings is 2. The number of nitrogens with one attached hydrogen (secondary N) is 2. The molecule has 0 aliphatic heterocycles. The summed E-state index contributed by atoms with van der Waals surface area (Å²) in [4.78, 5) is 37.9. The fourth-order valence-electron chi connectivity index (χ4n) is 3.25. The number of aliphatic hydroxyl groups is 1. The van der Waals surface area contributed by atoms with Gasteiger partial charge in [0.1, 0.15) is 12.6 Å². The number of amides is 2. The first-order valence-corrected chi connectivity index (χ1v) is 10.5. The van der Waals surface area contributed by atoms with E-state index in [2.05, 4.69) is 10.6 Å². The van der Waals surface area contributed by atoms with Crippen LogP contribution >= 0.6 is 0 Å². The van der Waals surface area contributed by atoms with Crippen molar-refractivity contribution in [1.29, 1.82) is 0 Å². The van der Waals surface area contributed by atoms with Gasteiger partial charge in [-0.2, -0.15) is 0 Å². The van der Waals surface area contributed by atoms with Crippen molar-refractivity contribution in [3.63, 3.8) is 0 Å². The predicted octanol–water partition coefficient (Wildman–Crippen LogP) is 2.09. The van der Waals surface area contributed by atoms with Gasteiger partial charge in [0.05, 0.1) is 6.04 Å². The summed E-state index contributed by atoms with van der Waals surface area (Å²) in [5.74, 6) is -1.49. The van der Waals surface area contributed by atoms with E-state index in [1.54, 1.807) is 24.3 Å². The number of anilines is 1. The number of hydrogen-bond donors (Lipinski definition) is 4. The number of carbonyl (C=O) groups is 3. The molecule has 0 heterocycles. The number of hydrogen-bond acceptors (Lipinski definition) is 5. The van der Waals surface area contributed by atoms with E-state index in [0.717, 1.165) is 5.56 Å². The first-order valence-electron chi connectivity index (χ1n) is 10.5. The van der Waals surface area contributed by atoms with E-state index in [4.69, 9.17) is 5.73 Å². The Labute approximate surface area is 183 Å². The molecular formula is C24H31N3O4. The molecule has 3 atom stereocenters. The molecule has 31 heavy (non-hydrogen) atoms. The van der Waals surface area contributed by atoms with Gasteiger partial charge in [0, 0.05) is 11.3 Å². The number of aliphatic hydroxyl groups excluding tert-OH is 1. The summed E-state index contributed by atoms with van der Waals surface area (Å²) in [5, 5.41) is 14.8. The van der Waals surface area contributed by atoms with E-state index in [1.807, 2.05) is 44.2 Å². The lowest BCUT2D eigenvalue weighted by atomic mass is 9.96. The van der Waals surface area contributed by atoms with Crippen molar-refractivity contribution >= 4 is 23.3 Å². The molecule has 5 N–H and O–H groups in total. The lowest BCUT2D eigenvalue weighted by molar-refractivity contribution is -0.131. The van der Waals surface area contributed by atoms with Gasteiger partial charge >= 0.3 is 0 Å². The molecule has 0 bridgehead atoms. The minimum Gasteiger partial charge on any atom is -0.399 e. The quantitative estimate of drug-likeness (QED) is 0.411. The van der Waals surface area contributed by atoms with Gasteiger partial charge in [-0.3, -0.25) is 14.4 Å². The Balaban J connectivity index is 2.11. The van der Waals surface area contributed by atoms with Gasteiger partial charge in [-0.15, -0.1) is 0 Å². The Hall–Kier alpha value is -3.19. The highest BCUT2D eigenvalue weighted by Crippen LogP contribution is 2.13. The number of nitrogen functional groups attached to an aromatic ring is 1. The molecule has 7 heteroatoms. The van der Waals surface area contributed by atoms with E-state index in [9.17, 15) is 19.5 Å². The largest absolute Gasteiger partial charge is 0.399 e. The fraction of sp³-hybridized carbons (Fsp3) is 0.375. The summed E-state index contributed by atoms with van der Waals surface area (Å²) in [6.07, 6.45) is 1.57. The molecule has 0 saturated heterocycles. The zero-order valence-electron chi connectivity index (χ0n) is 18.0. The Morgan fingerprint density at radius 2 is 1.74 bits per heavy atom. The van der Waals surface area contributed by atoms with Crippen LogP contribution in [0.2, 0.25) is 0 Å². The average molecular weight is 426 g/mol. The predicted molar refractivity (Wildman–Crippen MR) is 120 cm³/mol. The van der Waals surface area contributed by atoms with Gasteiger partial charge in [0.25, 0.3) is 5.91 Å². The summed E-state index contributed by atoms with van der Waals surface area (Å²) >= 11 is 0. The van der Waals surface area contributed by atoms with Crippen molar-refractivity contribution in [2.45, 2.75) is 45.2 Å². The van der Waals surface area contributed by atoms with E-state index >= 15 is 0 Å². The number of carbonyl (C=O) groups excluding carboxylic acids is 3. The molecule has 2 aromatic carbocycles. The smallest absolute Gasteiger partial charge is 0.252 e. The van der Waals surface area contributed by atoms with Crippen molar-refractivity contribution in [2.75, 3.05) is 12.3 Å². The van der Waals surface area contributed by atoms with Crippen LogP contribution in [-0.4, -0.2) is 41.4 Å². The lowest BCUT2D eigenvalue weighted by Gasteiger charge is -2.26. The van der Waals surface area contributed by atoms with Crippen molar-refractivity contribution in [2.24, 2.45) is 5.92 Å². The highest BCUT2D eigenvalue weighted by Gasteiger charge is 2.29. The Kier molecular flexibility index (Phi) is 9.21. The molecule has 0 fully saturated rings. The molecule has 0 aliphatic rings. The van der Waals surface area contributed by atoms with Crippen LogP contribution in [0.25, 0.3) is 0 Å². The molecule has 2 rings (SSSR count). The monoisotopic (exact) mass is 425 g/mol. The number of nitrogens with two attached hydrogens (primary N) is 1. The molecule has 7 nitrogen and oxygen atoms in total. The zero-order chi connectivity index (χ0) is 22.8. The van der Waals surface area contributed by atoms with Crippen molar-refractivity contribution < 1.29 is 19.5 Å². The highest BCUT2D eigenvalue weighted by molar-refractivity contribution is 5.99. The maximum Gasteiger partial charge on any atom is 0.252 e.